The van der Waals surface area contributed by atoms with E-state index >= 15 is 0 Å². The predicted octanol–water partition coefficient (Wildman–Crippen LogP) is 1.43. The van der Waals surface area contributed by atoms with Crippen molar-refractivity contribution in [1.82, 2.24) is 4.90 Å². The first-order chi connectivity index (χ1) is 21.9. The van der Waals surface area contributed by atoms with Crippen LogP contribution in [0.2, 0.25) is 0 Å². The van der Waals surface area contributed by atoms with Gasteiger partial charge in [-0.25, -0.2) is 0 Å². The van der Waals surface area contributed by atoms with E-state index in [2.05, 4.69) is 4.90 Å². The standard InChI is InChI=1S/C33H39NO12.ClH/c1-15-9-16(10-19(28(15)37)34-7-8-45-23(13-34)44-3)46-21-12-33(42,22(36)14-35)11-18-25(21)32(41)27-26(30(18)39)29(38)17-5-4-6-20(43-2)24(17)31(27)40;/h4-6,15-16,19,21,23,28,35,37,39,41-42H,7-14H2,1-3H3;1H/t15-,16-,19+,21+,23+,28-,33+;/m1./s1. The summed E-state index contributed by atoms with van der Waals surface area (Å²) in [6, 6.07) is 4.10. The molecule has 6 rings (SSSR count). The average molecular weight is 678 g/mol. The molecule has 0 amide bonds. The van der Waals surface area contributed by atoms with Crippen molar-refractivity contribution in [2.24, 2.45) is 5.92 Å². The van der Waals surface area contributed by atoms with E-state index in [1.54, 1.807) is 7.11 Å². The number of aliphatic hydroxyl groups excluding tert-OH is 2. The Hall–Kier alpha value is -3.14. The fourth-order valence-electron chi connectivity index (χ4n) is 7.62. The number of hydrogen-bond donors (Lipinski definition) is 5. The number of halogens is 1. The number of fused-ring (bicyclic) bond motifs is 3. The summed E-state index contributed by atoms with van der Waals surface area (Å²) in [6.45, 7) is 2.28. The van der Waals surface area contributed by atoms with Gasteiger partial charge in [-0.3, -0.25) is 19.3 Å². The number of aliphatic hydroxyl groups is 3. The fourth-order valence-corrected chi connectivity index (χ4v) is 7.62. The summed E-state index contributed by atoms with van der Waals surface area (Å²) in [6.07, 6.45) is -3.11. The van der Waals surface area contributed by atoms with Gasteiger partial charge in [0.15, 0.2) is 17.9 Å². The number of benzene rings is 2. The molecule has 5 N–H and O–H groups in total. The molecule has 13 nitrogen and oxygen atoms in total. The molecule has 0 bridgehead atoms. The number of aromatic hydroxyl groups is 2. The van der Waals surface area contributed by atoms with Gasteiger partial charge < -0.3 is 44.5 Å². The van der Waals surface area contributed by atoms with Crippen LogP contribution >= 0.6 is 12.4 Å². The van der Waals surface area contributed by atoms with Crippen molar-refractivity contribution in [2.45, 2.75) is 68.9 Å². The number of Topliss-reactive ketones (excluding diaryl/α,β-unsaturated/α-hetero) is 1. The maximum absolute atomic E-state index is 13.9. The Morgan fingerprint density at radius 3 is 2.49 bits per heavy atom. The first-order valence-electron chi connectivity index (χ1n) is 15.4. The first kappa shape index (κ1) is 35.2. The molecule has 2 fully saturated rings. The Kier molecular flexibility index (Phi) is 10.0. The number of morpholine rings is 1. The highest BCUT2D eigenvalue weighted by atomic mass is 35.5. The quantitative estimate of drug-likeness (QED) is 0.226. The predicted molar refractivity (Wildman–Crippen MR) is 166 cm³/mol. The van der Waals surface area contributed by atoms with Crippen LogP contribution in [0.1, 0.15) is 75.3 Å². The molecule has 2 aromatic carbocycles. The van der Waals surface area contributed by atoms with Gasteiger partial charge >= 0.3 is 0 Å². The van der Waals surface area contributed by atoms with Gasteiger partial charge in [0, 0.05) is 55.8 Å². The van der Waals surface area contributed by atoms with Crippen molar-refractivity contribution < 1.29 is 58.9 Å². The minimum absolute atomic E-state index is 0. The van der Waals surface area contributed by atoms with Crippen molar-refractivity contribution in [3.8, 4) is 17.2 Å². The third-order valence-corrected chi connectivity index (χ3v) is 10.0. The number of ketones is 3. The molecule has 47 heavy (non-hydrogen) atoms. The number of ether oxygens (including phenoxy) is 4. The normalized spacial score (nSPS) is 30.5. The zero-order chi connectivity index (χ0) is 33.1. The highest BCUT2D eigenvalue weighted by Crippen LogP contribution is 2.53. The second kappa shape index (κ2) is 13.4. The van der Waals surface area contributed by atoms with E-state index in [0.717, 1.165) is 0 Å². The summed E-state index contributed by atoms with van der Waals surface area (Å²) < 4.78 is 22.9. The summed E-state index contributed by atoms with van der Waals surface area (Å²) in [5.41, 5.74) is -3.31. The lowest BCUT2D eigenvalue weighted by Gasteiger charge is -2.47. The topological polar surface area (TPSA) is 193 Å². The monoisotopic (exact) mass is 677 g/mol. The minimum Gasteiger partial charge on any atom is -0.507 e. The van der Waals surface area contributed by atoms with Gasteiger partial charge in [-0.2, -0.15) is 0 Å². The molecule has 0 aromatic heterocycles. The van der Waals surface area contributed by atoms with E-state index in [9.17, 15) is 39.9 Å². The van der Waals surface area contributed by atoms with Crippen LogP contribution in [-0.4, -0.2) is 118 Å². The van der Waals surface area contributed by atoms with Gasteiger partial charge in [0.2, 0.25) is 5.78 Å². The number of phenols is 2. The summed E-state index contributed by atoms with van der Waals surface area (Å²) in [5.74, 6) is -3.76. The lowest BCUT2D eigenvalue weighted by atomic mass is 9.71. The summed E-state index contributed by atoms with van der Waals surface area (Å²) in [7, 11) is 2.89. The Labute approximate surface area is 277 Å². The number of methoxy groups -OCH3 is 2. The molecule has 4 aliphatic rings. The van der Waals surface area contributed by atoms with E-state index in [1.807, 2.05) is 6.92 Å². The third-order valence-electron chi connectivity index (χ3n) is 10.0. The second-order valence-electron chi connectivity index (χ2n) is 12.7. The molecule has 1 saturated carbocycles. The SMILES string of the molecule is COc1cccc2c1C(=O)c1c(O)c3c(c(O)c1C2=O)C[C@@](O)(C(=O)CO)C[C@@H]3O[C@@H]1C[C@@H](C)[C@@H](O)[C@@H](N2CCO[C@H](OC)C2)C1.Cl. The third kappa shape index (κ3) is 5.82. The zero-order valence-corrected chi connectivity index (χ0v) is 27.1. The van der Waals surface area contributed by atoms with E-state index in [0.29, 0.717) is 32.5 Å². The molecule has 0 radical (unpaired) electrons. The number of carbonyl (C=O) groups is 3. The highest BCUT2D eigenvalue weighted by molar-refractivity contribution is 6.31. The van der Waals surface area contributed by atoms with Crippen molar-refractivity contribution >= 4 is 29.8 Å². The number of hydrogen-bond acceptors (Lipinski definition) is 13. The van der Waals surface area contributed by atoms with Crippen molar-refractivity contribution in [2.75, 3.05) is 40.5 Å². The molecule has 0 unspecified atom stereocenters. The van der Waals surface area contributed by atoms with Crippen LogP contribution in [-0.2, 0) is 25.4 Å². The molecule has 1 aliphatic heterocycles. The van der Waals surface area contributed by atoms with Gasteiger partial charge in [-0.15, -0.1) is 12.4 Å². The van der Waals surface area contributed by atoms with E-state index in [-0.39, 0.29) is 52.4 Å². The summed E-state index contributed by atoms with van der Waals surface area (Å²) >= 11 is 0. The lowest BCUT2D eigenvalue weighted by Crippen LogP contribution is -2.57. The van der Waals surface area contributed by atoms with Crippen LogP contribution in [0.4, 0.5) is 0 Å². The Morgan fingerprint density at radius 1 is 1.09 bits per heavy atom. The van der Waals surface area contributed by atoms with Crippen LogP contribution in [0.3, 0.4) is 0 Å². The molecule has 1 saturated heterocycles. The van der Waals surface area contributed by atoms with Crippen LogP contribution in [0, 0.1) is 5.92 Å². The molecule has 3 aliphatic carbocycles. The van der Waals surface area contributed by atoms with E-state index < -0.39 is 89.6 Å². The summed E-state index contributed by atoms with van der Waals surface area (Å²) in [5, 5.41) is 55.7. The van der Waals surface area contributed by atoms with Crippen molar-refractivity contribution in [1.29, 1.82) is 0 Å². The number of phenolic OH excluding ortho intramolecular Hbond substituents is 2. The largest absolute Gasteiger partial charge is 0.507 e. The van der Waals surface area contributed by atoms with Crippen LogP contribution in [0.15, 0.2) is 18.2 Å². The maximum atomic E-state index is 13.9. The molecular formula is C33H40ClNO12. The van der Waals surface area contributed by atoms with Crippen LogP contribution < -0.4 is 4.74 Å². The smallest absolute Gasteiger partial charge is 0.202 e. The molecular weight excluding hydrogens is 638 g/mol. The van der Waals surface area contributed by atoms with E-state index in [4.69, 9.17) is 18.9 Å². The molecule has 7 atom stereocenters. The van der Waals surface area contributed by atoms with Gasteiger partial charge in [0.1, 0.15) is 29.5 Å². The molecule has 256 valence electrons. The van der Waals surface area contributed by atoms with E-state index in [1.165, 1.54) is 25.3 Å². The highest BCUT2D eigenvalue weighted by Gasteiger charge is 2.50. The second-order valence-corrected chi connectivity index (χ2v) is 12.7. The number of nitrogens with zero attached hydrogens (tertiary/aromatic N) is 1. The Balaban J connectivity index is 0.00000433. The number of rotatable bonds is 7. The fraction of sp³-hybridized carbons (Fsp3) is 0.545. The Bertz CT molecular complexity index is 1580. The summed E-state index contributed by atoms with van der Waals surface area (Å²) in [4.78, 5) is 42.5. The van der Waals surface area contributed by atoms with Gasteiger partial charge in [0.05, 0.1) is 48.7 Å². The minimum atomic E-state index is -2.21. The Morgan fingerprint density at radius 2 is 1.81 bits per heavy atom. The van der Waals surface area contributed by atoms with Gasteiger partial charge in [-0.1, -0.05) is 19.1 Å². The molecule has 14 heteroatoms. The van der Waals surface area contributed by atoms with Crippen molar-refractivity contribution in [3.63, 3.8) is 0 Å². The average Bonchev–Trinajstić information content (AvgIpc) is 3.05. The zero-order valence-electron chi connectivity index (χ0n) is 26.3. The van der Waals surface area contributed by atoms with Gasteiger partial charge in [0.25, 0.3) is 0 Å². The van der Waals surface area contributed by atoms with Crippen molar-refractivity contribution in [3.05, 3.63) is 51.6 Å². The number of carbonyl (C=O) groups excluding carboxylic acids is 3. The first-order valence-corrected chi connectivity index (χ1v) is 15.4. The maximum Gasteiger partial charge on any atom is 0.202 e. The van der Waals surface area contributed by atoms with Gasteiger partial charge in [-0.05, 0) is 24.8 Å². The van der Waals surface area contributed by atoms with Crippen LogP contribution in [0.25, 0.3) is 0 Å². The lowest BCUT2D eigenvalue weighted by molar-refractivity contribution is -0.189. The van der Waals surface area contributed by atoms with Crippen LogP contribution in [0.5, 0.6) is 17.2 Å². The molecule has 1 heterocycles. The molecule has 2 aromatic rings. The molecule has 0 spiro atoms.